The van der Waals surface area contributed by atoms with Crippen molar-refractivity contribution < 1.29 is 40.3 Å². The molecule has 0 spiro atoms. The summed E-state index contributed by atoms with van der Waals surface area (Å²) >= 11 is 6.05. The third-order valence-electron chi connectivity index (χ3n) is 4.45. The van der Waals surface area contributed by atoms with Gasteiger partial charge >= 0.3 is 24.0 Å². The maximum Gasteiger partial charge on any atom is 0.435 e. The number of esters is 1. The van der Waals surface area contributed by atoms with E-state index in [4.69, 9.17) is 16.3 Å². The lowest BCUT2D eigenvalue weighted by Gasteiger charge is -2.31. The topological polar surface area (TPSA) is 38.3 Å². The number of benzene rings is 2. The number of fused-ring (bicyclic) bond motifs is 1. The highest BCUT2D eigenvalue weighted by molar-refractivity contribution is 6.32. The SMILES string of the molecule is Cc1cc(C(F)(C(F)(F)F)C(F)(F)F)ccc1NC1OC(=O)c2cccc(Cl)c21. The lowest BCUT2D eigenvalue weighted by Crippen LogP contribution is -2.50. The summed E-state index contributed by atoms with van der Waals surface area (Å²) in [5.41, 5.74) is -6.80. The fourth-order valence-electron chi connectivity index (χ4n) is 2.98. The molecule has 1 unspecified atom stereocenters. The average Bonchev–Trinajstić information content (AvgIpc) is 2.91. The second-order valence-corrected chi connectivity index (χ2v) is 6.72. The molecular weight excluding hydrogens is 431 g/mol. The molecule has 1 heterocycles. The number of rotatable bonds is 3. The zero-order valence-corrected chi connectivity index (χ0v) is 15.1. The molecule has 1 N–H and O–H groups in total. The summed E-state index contributed by atoms with van der Waals surface area (Å²) in [7, 11) is 0. The van der Waals surface area contributed by atoms with Crippen LogP contribution in [0.2, 0.25) is 5.02 Å². The minimum absolute atomic E-state index is 0.0334. The highest BCUT2D eigenvalue weighted by atomic mass is 35.5. The van der Waals surface area contributed by atoms with Crippen molar-refractivity contribution in [1.29, 1.82) is 0 Å². The van der Waals surface area contributed by atoms with Gasteiger partial charge in [-0.1, -0.05) is 29.8 Å². The molecule has 0 aliphatic carbocycles. The van der Waals surface area contributed by atoms with Crippen molar-refractivity contribution >= 4 is 23.3 Å². The van der Waals surface area contributed by atoms with Gasteiger partial charge in [-0.15, -0.1) is 0 Å². The van der Waals surface area contributed by atoms with Crippen molar-refractivity contribution in [3.8, 4) is 0 Å². The van der Waals surface area contributed by atoms with Crippen LogP contribution in [0.1, 0.15) is 33.3 Å². The van der Waals surface area contributed by atoms with E-state index in [0.717, 1.165) is 6.07 Å². The number of halogens is 8. The predicted molar refractivity (Wildman–Crippen MR) is 89.3 cm³/mol. The summed E-state index contributed by atoms with van der Waals surface area (Å²) in [6, 6.07) is 6.11. The van der Waals surface area contributed by atoms with E-state index >= 15 is 0 Å². The molecule has 0 aromatic heterocycles. The van der Waals surface area contributed by atoms with Gasteiger partial charge in [0, 0.05) is 16.8 Å². The highest BCUT2D eigenvalue weighted by Crippen LogP contribution is 2.53. The molecule has 0 saturated carbocycles. The summed E-state index contributed by atoms with van der Waals surface area (Å²) in [6.07, 6.45) is -13.5. The van der Waals surface area contributed by atoms with E-state index in [0.29, 0.717) is 12.1 Å². The van der Waals surface area contributed by atoms with E-state index in [1.165, 1.54) is 25.1 Å². The molecule has 0 radical (unpaired) electrons. The van der Waals surface area contributed by atoms with Crippen molar-refractivity contribution in [2.75, 3.05) is 5.32 Å². The summed E-state index contributed by atoms with van der Waals surface area (Å²) < 4.78 is 96.8. The summed E-state index contributed by atoms with van der Waals surface area (Å²) in [6.45, 7) is 1.18. The van der Waals surface area contributed by atoms with Gasteiger partial charge in [0.1, 0.15) is 0 Å². The van der Waals surface area contributed by atoms with Gasteiger partial charge in [-0.25, -0.2) is 9.18 Å². The van der Waals surface area contributed by atoms with Crippen LogP contribution < -0.4 is 5.32 Å². The number of ether oxygens (including phenoxy) is 1. The molecule has 1 aliphatic heterocycles. The molecule has 0 saturated heterocycles. The van der Waals surface area contributed by atoms with Crippen LogP contribution in [-0.2, 0) is 10.4 Å². The largest absolute Gasteiger partial charge is 0.435 e. The third-order valence-corrected chi connectivity index (χ3v) is 4.78. The molecule has 1 aliphatic rings. The second-order valence-electron chi connectivity index (χ2n) is 6.31. The van der Waals surface area contributed by atoms with E-state index in [-0.39, 0.29) is 27.4 Å². The van der Waals surface area contributed by atoms with Gasteiger partial charge in [0.2, 0.25) is 6.23 Å². The van der Waals surface area contributed by atoms with Crippen LogP contribution >= 0.6 is 11.6 Å². The van der Waals surface area contributed by atoms with Crippen LogP contribution in [0, 0.1) is 6.92 Å². The number of hydrogen-bond donors (Lipinski definition) is 1. The van der Waals surface area contributed by atoms with E-state index in [1.807, 2.05) is 0 Å². The van der Waals surface area contributed by atoms with Gasteiger partial charge in [-0.2, -0.15) is 26.3 Å². The normalized spacial score (nSPS) is 17.1. The molecule has 11 heteroatoms. The Balaban J connectivity index is 1.97. The van der Waals surface area contributed by atoms with Crippen molar-refractivity contribution in [3.63, 3.8) is 0 Å². The molecule has 156 valence electrons. The molecule has 0 bridgehead atoms. The molecule has 29 heavy (non-hydrogen) atoms. The predicted octanol–water partition coefficient (Wildman–Crippen LogP) is 6.22. The molecule has 0 fully saturated rings. The standard InChI is InChI=1S/C18H11ClF7NO2/c1-8-7-9(16(20,17(21,22)23)18(24,25)26)5-6-12(8)27-14-13-10(15(28)29-14)3-2-4-11(13)19/h2-7,14,27H,1H3. The first-order valence-corrected chi connectivity index (χ1v) is 8.34. The number of aryl methyl sites for hydroxylation is 1. The number of carbonyl (C=O) groups is 1. The van der Waals surface area contributed by atoms with Gasteiger partial charge in [-0.05, 0) is 30.7 Å². The maximum absolute atomic E-state index is 14.2. The Morgan fingerprint density at radius 2 is 1.62 bits per heavy atom. The van der Waals surface area contributed by atoms with Crippen LogP contribution in [0.5, 0.6) is 0 Å². The first-order chi connectivity index (χ1) is 13.3. The van der Waals surface area contributed by atoms with Crippen LogP contribution in [0.3, 0.4) is 0 Å². The van der Waals surface area contributed by atoms with E-state index < -0.39 is 35.8 Å². The Morgan fingerprint density at radius 1 is 1.00 bits per heavy atom. The summed E-state index contributed by atoms with van der Waals surface area (Å²) in [5.74, 6) is -0.703. The van der Waals surface area contributed by atoms with Crippen molar-refractivity contribution in [1.82, 2.24) is 0 Å². The van der Waals surface area contributed by atoms with Crippen molar-refractivity contribution in [2.45, 2.75) is 31.2 Å². The molecule has 2 aromatic rings. The number of cyclic esters (lactones) is 1. The second kappa shape index (κ2) is 6.79. The Labute approximate surface area is 164 Å². The lowest BCUT2D eigenvalue weighted by molar-refractivity contribution is -0.348. The van der Waals surface area contributed by atoms with Gasteiger partial charge in [0.15, 0.2) is 0 Å². The fraction of sp³-hybridized carbons (Fsp3) is 0.278. The van der Waals surface area contributed by atoms with Crippen LogP contribution in [0.15, 0.2) is 36.4 Å². The molecule has 3 rings (SSSR count). The number of nitrogens with one attached hydrogen (secondary N) is 1. The van der Waals surface area contributed by atoms with Crippen molar-refractivity contribution in [2.24, 2.45) is 0 Å². The number of hydrogen-bond acceptors (Lipinski definition) is 3. The fourth-order valence-corrected chi connectivity index (χ4v) is 3.26. The van der Waals surface area contributed by atoms with E-state index in [9.17, 15) is 35.5 Å². The molecular formula is C18H11ClF7NO2. The smallest absolute Gasteiger partial charge is 0.434 e. The maximum atomic E-state index is 14.2. The zero-order chi connectivity index (χ0) is 21.8. The van der Waals surface area contributed by atoms with Gasteiger partial charge in [0.05, 0.1) is 10.6 Å². The number of alkyl halides is 7. The Kier molecular flexibility index (Phi) is 4.97. The summed E-state index contributed by atoms with van der Waals surface area (Å²) in [5, 5.41) is 2.86. The molecule has 3 nitrogen and oxygen atoms in total. The first kappa shape index (κ1) is 21.2. The van der Waals surface area contributed by atoms with E-state index in [1.54, 1.807) is 0 Å². The monoisotopic (exact) mass is 441 g/mol. The highest BCUT2D eigenvalue weighted by Gasteiger charge is 2.73. The number of anilines is 1. The lowest BCUT2D eigenvalue weighted by atomic mass is 9.92. The van der Waals surface area contributed by atoms with E-state index in [2.05, 4.69) is 5.32 Å². The minimum atomic E-state index is -6.21. The van der Waals surface area contributed by atoms with Crippen LogP contribution in [0.25, 0.3) is 0 Å². The Morgan fingerprint density at radius 3 is 2.17 bits per heavy atom. The quantitative estimate of drug-likeness (QED) is 0.454. The van der Waals surface area contributed by atoms with Crippen LogP contribution in [-0.4, -0.2) is 18.3 Å². The Hall–Kier alpha value is -2.49. The van der Waals surface area contributed by atoms with Gasteiger partial charge in [0.25, 0.3) is 0 Å². The minimum Gasteiger partial charge on any atom is -0.434 e. The number of carbonyl (C=O) groups excluding carboxylic acids is 1. The van der Waals surface area contributed by atoms with Crippen LogP contribution in [0.4, 0.5) is 36.4 Å². The zero-order valence-electron chi connectivity index (χ0n) is 14.4. The summed E-state index contributed by atoms with van der Waals surface area (Å²) in [4.78, 5) is 11.9. The van der Waals surface area contributed by atoms with Gasteiger partial charge in [-0.3, -0.25) is 0 Å². The average molecular weight is 442 g/mol. The molecule has 1 atom stereocenters. The molecule has 0 amide bonds. The van der Waals surface area contributed by atoms with Crippen molar-refractivity contribution in [3.05, 3.63) is 63.7 Å². The molecule has 2 aromatic carbocycles. The third kappa shape index (κ3) is 3.39. The van der Waals surface area contributed by atoms with Gasteiger partial charge < -0.3 is 10.1 Å². The first-order valence-electron chi connectivity index (χ1n) is 7.97. The Bertz CT molecular complexity index is 958.